The van der Waals surface area contributed by atoms with E-state index in [1.807, 2.05) is 32.9 Å². The highest BCUT2D eigenvalue weighted by Gasteiger charge is 2.10. The van der Waals surface area contributed by atoms with E-state index in [-0.39, 0.29) is 6.29 Å². The van der Waals surface area contributed by atoms with Crippen molar-refractivity contribution in [3.8, 4) is 11.5 Å². The molecule has 0 aliphatic heterocycles. The number of hydrogen-bond acceptors (Lipinski definition) is 3. The van der Waals surface area contributed by atoms with Gasteiger partial charge >= 0.3 is 0 Å². The van der Waals surface area contributed by atoms with Gasteiger partial charge in [-0.25, -0.2) is 0 Å². The molecule has 0 spiro atoms. The maximum Gasteiger partial charge on any atom is 0.197 e. The molecule has 0 fully saturated rings. The Labute approximate surface area is 110 Å². The number of rotatable bonds is 5. The van der Waals surface area contributed by atoms with Crippen molar-refractivity contribution in [1.82, 2.24) is 0 Å². The minimum atomic E-state index is -0.245. The minimum absolute atomic E-state index is 0.245. The Morgan fingerprint density at radius 3 is 2.56 bits per heavy atom. The van der Waals surface area contributed by atoms with Gasteiger partial charge in [0, 0.05) is 12.7 Å². The third-order valence-electron chi connectivity index (χ3n) is 2.14. The number of methoxy groups -OCH3 is 1. The van der Waals surface area contributed by atoms with E-state index in [0.29, 0.717) is 6.61 Å². The monoisotopic (exact) mass is 336 g/mol. The zero-order chi connectivity index (χ0) is 12.1. The van der Waals surface area contributed by atoms with Crippen molar-refractivity contribution in [2.45, 2.75) is 27.1 Å². The highest BCUT2D eigenvalue weighted by atomic mass is 127. The van der Waals surface area contributed by atoms with E-state index in [9.17, 15) is 0 Å². The Hall–Kier alpha value is -0.490. The molecule has 1 atom stereocenters. The fourth-order valence-electron chi connectivity index (χ4n) is 1.39. The van der Waals surface area contributed by atoms with E-state index in [0.717, 1.165) is 20.6 Å². The lowest BCUT2D eigenvalue weighted by Crippen LogP contribution is -2.16. The highest BCUT2D eigenvalue weighted by Crippen LogP contribution is 2.30. The van der Waals surface area contributed by atoms with Crippen molar-refractivity contribution in [2.75, 3.05) is 13.7 Å². The number of benzene rings is 1. The molecule has 0 saturated carbocycles. The van der Waals surface area contributed by atoms with Crippen LogP contribution in [0.2, 0.25) is 0 Å². The van der Waals surface area contributed by atoms with Crippen LogP contribution in [-0.4, -0.2) is 20.0 Å². The molecule has 0 bridgehead atoms. The molecule has 0 amide bonds. The van der Waals surface area contributed by atoms with E-state index < -0.39 is 0 Å². The molecule has 1 aromatic carbocycles. The Bertz CT molecular complexity index is 352. The van der Waals surface area contributed by atoms with Crippen molar-refractivity contribution in [1.29, 1.82) is 0 Å². The molecule has 0 aliphatic carbocycles. The van der Waals surface area contributed by atoms with E-state index in [1.54, 1.807) is 7.11 Å². The number of halogens is 1. The molecule has 4 heteroatoms. The van der Waals surface area contributed by atoms with Crippen LogP contribution in [0.4, 0.5) is 0 Å². The molecule has 0 N–H and O–H groups in total. The standard InChI is InChI=1S/C12H17IO3/c1-5-15-9(3)16-12-7-11(14-4)8(2)6-10(12)13/h6-7,9H,5H2,1-4H3. The van der Waals surface area contributed by atoms with Gasteiger partial charge in [-0.1, -0.05) is 0 Å². The smallest absolute Gasteiger partial charge is 0.197 e. The highest BCUT2D eigenvalue weighted by molar-refractivity contribution is 14.1. The van der Waals surface area contributed by atoms with Gasteiger partial charge < -0.3 is 14.2 Å². The van der Waals surface area contributed by atoms with Crippen LogP contribution in [0.15, 0.2) is 12.1 Å². The lowest BCUT2D eigenvalue weighted by Gasteiger charge is -2.17. The fraction of sp³-hybridized carbons (Fsp3) is 0.500. The largest absolute Gasteiger partial charge is 0.496 e. The summed E-state index contributed by atoms with van der Waals surface area (Å²) in [5.74, 6) is 1.63. The third-order valence-corrected chi connectivity index (χ3v) is 2.99. The summed E-state index contributed by atoms with van der Waals surface area (Å²) in [6, 6.07) is 3.93. The lowest BCUT2D eigenvalue weighted by molar-refractivity contribution is -0.0618. The quantitative estimate of drug-likeness (QED) is 0.610. The van der Waals surface area contributed by atoms with Gasteiger partial charge in [-0.05, 0) is 55.0 Å². The average molecular weight is 336 g/mol. The third kappa shape index (κ3) is 3.52. The van der Waals surface area contributed by atoms with Crippen molar-refractivity contribution in [3.05, 3.63) is 21.3 Å². The molecular weight excluding hydrogens is 319 g/mol. The lowest BCUT2D eigenvalue weighted by atomic mass is 10.2. The second-order valence-corrected chi connectivity index (χ2v) is 4.56. The molecule has 16 heavy (non-hydrogen) atoms. The SMILES string of the molecule is CCOC(C)Oc1cc(OC)c(C)cc1I. The van der Waals surface area contributed by atoms with Gasteiger partial charge in [-0.15, -0.1) is 0 Å². The molecule has 1 unspecified atom stereocenters. The number of aryl methyl sites for hydroxylation is 1. The van der Waals surface area contributed by atoms with Crippen LogP contribution >= 0.6 is 22.6 Å². The van der Waals surface area contributed by atoms with Crippen LogP contribution in [0.1, 0.15) is 19.4 Å². The Morgan fingerprint density at radius 2 is 2.00 bits per heavy atom. The van der Waals surface area contributed by atoms with Crippen LogP contribution in [0, 0.1) is 10.5 Å². The summed E-state index contributed by atoms with van der Waals surface area (Å²) in [5.41, 5.74) is 1.10. The van der Waals surface area contributed by atoms with E-state index in [1.165, 1.54) is 0 Å². The molecule has 1 rings (SSSR count). The summed E-state index contributed by atoms with van der Waals surface area (Å²) in [7, 11) is 1.66. The van der Waals surface area contributed by atoms with E-state index in [4.69, 9.17) is 14.2 Å². The Kier molecular flexibility index (Phi) is 5.34. The second kappa shape index (κ2) is 6.30. The van der Waals surface area contributed by atoms with Gasteiger partial charge in [-0.2, -0.15) is 0 Å². The number of hydrogen-bond donors (Lipinski definition) is 0. The summed E-state index contributed by atoms with van der Waals surface area (Å²) in [5, 5.41) is 0. The van der Waals surface area contributed by atoms with Crippen LogP contribution in [-0.2, 0) is 4.74 Å². The minimum Gasteiger partial charge on any atom is -0.496 e. The molecule has 0 aliphatic rings. The summed E-state index contributed by atoms with van der Waals surface area (Å²) in [6.45, 7) is 6.48. The molecule has 1 aromatic rings. The van der Waals surface area contributed by atoms with Gasteiger partial charge in [0.15, 0.2) is 6.29 Å². The Balaban J connectivity index is 2.87. The first-order chi connectivity index (χ1) is 7.58. The predicted molar refractivity (Wildman–Crippen MR) is 72.2 cm³/mol. The van der Waals surface area contributed by atoms with Gasteiger partial charge in [0.05, 0.1) is 10.7 Å². The Morgan fingerprint density at radius 1 is 1.31 bits per heavy atom. The van der Waals surface area contributed by atoms with Crippen molar-refractivity contribution in [3.63, 3.8) is 0 Å². The molecular formula is C12H17IO3. The summed E-state index contributed by atoms with van der Waals surface area (Å²) in [6.07, 6.45) is -0.245. The molecule has 0 radical (unpaired) electrons. The van der Waals surface area contributed by atoms with Gasteiger partial charge in [0.2, 0.25) is 0 Å². The second-order valence-electron chi connectivity index (χ2n) is 3.39. The molecule has 90 valence electrons. The molecule has 3 nitrogen and oxygen atoms in total. The first-order valence-electron chi connectivity index (χ1n) is 5.20. The molecule has 0 saturated heterocycles. The van der Waals surface area contributed by atoms with Crippen LogP contribution < -0.4 is 9.47 Å². The topological polar surface area (TPSA) is 27.7 Å². The first kappa shape index (κ1) is 13.6. The van der Waals surface area contributed by atoms with Crippen molar-refractivity contribution < 1.29 is 14.2 Å². The van der Waals surface area contributed by atoms with Crippen molar-refractivity contribution >= 4 is 22.6 Å². The maximum absolute atomic E-state index is 5.67. The molecule has 0 heterocycles. The summed E-state index contributed by atoms with van der Waals surface area (Å²) in [4.78, 5) is 0. The van der Waals surface area contributed by atoms with Crippen LogP contribution in [0.25, 0.3) is 0 Å². The van der Waals surface area contributed by atoms with Crippen LogP contribution in [0.3, 0.4) is 0 Å². The number of ether oxygens (including phenoxy) is 3. The van der Waals surface area contributed by atoms with E-state index in [2.05, 4.69) is 22.6 Å². The van der Waals surface area contributed by atoms with E-state index >= 15 is 0 Å². The maximum atomic E-state index is 5.67. The fourth-order valence-corrected chi connectivity index (χ4v) is 2.14. The summed E-state index contributed by atoms with van der Waals surface area (Å²) < 4.78 is 17.3. The summed E-state index contributed by atoms with van der Waals surface area (Å²) >= 11 is 2.24. The first-order valence-corrected chi connectivity index (χ1v) is 6.28. The predicted octanol–water partition coefficient (Wildman–Crippen LogP) is 3.37. The zero-order valence-corrected chi connectivity index (χ0v) is 12.2. The van der Waals surface area contributed by atoms with Gasteiger partial charge in [0.25, 0.3) is 0 Å². The zero-order valence-electron chi connectivity index (χ0n) is 10.0. The van der Waals surface area contributed by atoms with Crippen molar-refractivity contribution in [2.24, 2.45) is 0 Å². The van der Waals surface area contributed by atoms with Gasteiger partial charge in [0.1, 0.15) is 11.5 Å². The normalized spacial score (nSPS) is 12.3. The average Bonchev–Trinajstić information content (AvgIpc) is 2.22. The molecule has 0 aromatic heterocycles. The van der Waals surface area contributed by atoms with Gasteiger partial charge in [-0.3, -0.25) is 0 Å². The van der Waals surface area contributed by atoms with Crippen LogP contribution in [0.5, 0.6) is 11.5 Å².